The van der Waals surface area contributed by atoms with Crippen LogP contribution in [0.3, 0.4) is 0 Å². The molecule has 0 aromatic heterocycles. The van der Waals surface area contributed by atoms with Gasteiger partial charge in [0.1, 0.15) is 0 Å². The van der Waals surface area contributed by atoms with Crippen molar-refractivity contribution in [3.8, 4) is 0 Å². The average Bonchev–Trinajstić information content (AvgIpc) is 1.96. The van der Waals surface area contributed by atoms with Crippen molar-refractivity contribution in [2.75, 3.05) is 0 Å². The Morgan fingerprint density at radius 3 is 2.50 bits per heavy atom. The number of nitrogens with two attached hydrogens (primary N) is 1. The zero-order valence-electron chi connectivity index (χ0n) is 6.59. The molecular weight excluding hydrogens is 199 g/mol. The van der Waals surface area contributed by atoms with Crippen LogP contribution in [0.25, 0.3) is 0 Å². The van der Waals surface area contributed by atoms with Gasteiger partial charge in [-0.2, -0.15) is 0 Å². The van der Waals surface area contributed by atoms with Crippen LogP contribution in [-0.4, -0.2) is 22.8 Å². The van der Waals surface area contributed by atoms with Crippen molar-refractivity contribution in [2.45, 2.75) is 36.1 Å². The van der Waals surface area contributed by atoms with E-state index in [-0.39, 0.29) is 16.8 Å². The summed E-state index contributed by atoms with van der Waals surface area (Å²) >= 11 is 11.8. The van der Waals surface area contributed by atoms with Crippen molar-refractivity contribution in [1.29, 1.82) is 0 Å². The lowest BCUT2D eigenvalue weighted by Crippen LogP contribution is -2.44. The van der Waals surface area contributed by atoms with Gasteiger partial charge in [0, 0.05) is 6.04 Å². The first-order valence-electron chi connectivity index (χ1n) is 3.93. The summed E-state index contributed by atoms with van der Waals surface area (Å²) in [5, 5.41) is 2.60. The average molecular weight is 211 g/mol. The van der Waals surface area contributed by atoms with Crippen molar-refractivity contribution >= 4 is 29.2 Å². The summed E-state index contributed by atoms with van der Waals surface area (Å²) in [6.07, 6.45) is 2.40. The maximum absolute atomic E-state index is 10.5. The van der Waals surface area contributed by atoms with E-state index in [9.17, 15) is 4.79 Å². The summed E-state index contributed by atoms with van der Waals surface area (Å²) in [5.41, 5.74) is 4.98. The first kappa shape index (κ1) is 9.93. The quantitative estimate of drug-likeness (QED) is 0.633. The van der Waals surface area contributed by atoms with Crippen molar-refractivity contribution in [2.24, 2.45) is 5.73 Å². The molecule has 2 amide bonds. The van der Waals surface area contributed by atoms with Gasteiger partial charge in [0.05, 0.1) is 10.8 Å². The minimum Gasteiger partial charge on any atom is -0.352 e. The Morgan fingerprint density at radius 2 is 2.00 bits per heavy atom. The monoisotopic (exact) mass is 210 g/mol. The summed E-state index contributed by atoms with van der Waals surface area (Å²) in [5.74, 6) is 0. The molecule has 0 aromatic carbocycles. The molecule has 1 aliphatic rings. The Kier molecular flexibility index (Phi) is 3.47. The second-order valence-corrected chi connectivity index (χ2v) is 4.17. The van der Waals surface area contributed by atoms with Crippen molar-refractivity contribution in [3.63, 3.8) is 0 Å². The topological polar surface area (TPSA) is 55.1 Å². The SMILES string of the molecule is NC(=O)NC1CCC(Cl)C(Cl)C1. The van der Waals surface area contributed by atoms with Gasteiger partial charge < -0.3 is 11.1 Å². The molecule has 0 bridgehead atoms. The molecule has 3 nitrogen and oxygen atoms in total. The van der Waals surface area contributed by atoms with Crippen molar-refractivity contribution in [1.82, 2.24) is 5.32 Å². The molecule has 1 rings (SSSR count). The van der Waals surface area contributed by atoms with E-state index in [0.29, 0.717) is 6.42 Å². The molecular formula is C7H12Cl2N2O. The predicted octanol–water partition coefficient (Wildman–Crippen LogP) is 1.42. The zero-order valence-corrected chi connectivity index (χ0v) is 8.11. The van der Waals surface area contributed by atoms with E-state index >= 15 is 0 Å². The summed E-state index contributed by atoms with van der Waals surface area (Å²) in [6.45, 7) is 0. The number of rotatable bonds is 1. The van der Waals surface area contributed by atoms with Crippen LogP contribution in [0, 0.1) is 0 Å². The summed E-state index contributed by atoms with van der Waals surface area (Å²) < 4.78 is 0. The lowest BCUT2D eigenvalue weighted by molar-refractivity contribution is 0.241. The van der Waals surface area contributed by atoms with Gasteiger partial charge in [0.15, 0.2) is 0 Å². The van der Waals surface area contributed by atoms with Crippen LogP contribution in [0.2, 0.25) is 0 Å². The highest BCUT2D eigenvalue weighted by Crippen LogP contribution is 2.27. The molecule has 0 heterocycles. The fraction of sp³-hybridized carbons (Fsp3) is 0.857. The van der Waals surface area contributed by atoms with Crippen LogP contribution in [0.1, 0.15) is 19.3 Å². The predicted molar refractivity (Wildman–Crippen MR) is 49.6 cm³/mol. The number of carbonyl (C=O) groups excluding carboxylic acids is 1. The second-order valence-electron chi connectivity index (χ2n) is 3.05. The Balaban J connectivity index is 2.35. The fourth-order valence-corrected chi connectivity index (χ4v) is 1.98. The zero-order chi connectivity index (χ0) is 9.14. The Morgan fingerprint density at radius 1 is 1.33 bits per heavy atom. The number of halogens is 2. The van der Waals surface area contributed by atoms with E-state index < -0.39 is 6.03 Å². The van der Waals surface area contributed by atoms with Crippen LogP contribution < -0.4 is 11.1 Å². The van der Waals surface area contributed by atoms with Crippen LogP contribution in [0.5, 0.6) is 0 Å². The third-order valence-electron chi connectivity index (χ3n) is 2.04. The van der Waals surface area contributed by atoms with Gasteiger partial charge in [-0.25, -0.2) is 4.79 Å². The largest absolute Gasteiger partial charge is 0.352 e. The van der Waals surface area contributed by atoms with E-state index in [1.807, 2.05) is 0 Å². The van der Waals surface area contributed by atoms with Crippen LogP contribution in [0.15, 0.2) is 0 Å². The molecule has 12 heavy (non-hydrogen) atoms. The van der Waals surface area contributed by atoms with Gasteiger partial charge in [-0.3, -0.25) is 0 Å². The van der Waals surface area contributed by atoms with Crippen molar-refractivity contribution < 1.29 is 4.79 Å². The second kappa shape index (κ2) is 4.19. The molecule has 3 unspecified atom stereocenters. The first-order valence-corrected chi connectivity index (χ1v) is 4.81. The molecule has 1 saturated carbocycles. The first-order chi connectivity index (χ1) is 5.59. The summed E-state index contributed by atoms with van der Waals surface area (Å²) in [4.78, 5) is 10.5. The Bertz CT molecular complexity index is 177. The number of alkyl halides is 2. The van der Waals surface area contributed by atoms with E-state index in [1.54, 1.807) is 0 Å². The minimum atomic E-state index is -0.489. The van der Waals surface area contributed by atoms with E-state index in [2.05, 4.69) is 5.32 Å². The molecule has 1 fully saturated rings. The lowest BCUT2D eigenvalue weighted by Gasteiger charge is -2.29. The van der Waals surface area contributed by atoms with Gasteiger partial charge in [-0.05, 0) is 19.3 Å². The third kappa shape index (κ3) is 2.72. The van der Waals surface area contributed by atoms with E-state index in [4.69, 9.17) is 28.9 Å². The van der Waals surface area contributed by atoms with E-state index in [1.165, 1.54) is 0 Å². The number of urea groups is 1. The highest BCUT2D eigenvalue weighted by atomic mass is 35.5. The Labute approximate surface area is 81.6 Å². The number of amides is 2. The molecule has 0 aromatic rings. The summed E-state index contributed by atoms with van der Waals surface area (Å²) in [6, 6.07) is -0.392. The highest BCUT2D eigenvalue weighted by Gasteiger charge is 2.27. The van der Waals surface area contributed by atoms with Gasteiger partial charge in [0.2, 0.25) is 0 Å². The van der Waals surface area contributed by atoms with E-state index in [0.717, 1.165) is 12.8 Å². The molecule has 3 N–H and O–H groups in total. The van der Waals surface area contributed by atoms with Crippen LogP contribution >= 0.6 is 23.2 Å². The van der Waals surface area contributed by atoms with Gasteiger partial charge in [-0.15, -0.1) is 23.2 Å². The normalized spacial score (nSPS) is 36.0. The van der Waals surface area contributed by atoms with Crippen LogP contribution in [-0.2, 0) is 0 Å². The molecule has 3 atom stereocenters. The van der Waals surface area contributed by atoms with Gasteiger partial charge in [0.25, 0.3) is 0 Å². The van der Waals surface area contributed by atoms with Crippen molar-refractivity contribution in [3.05, 3.63) is 0 Å². The number of primary amides is 1. The molecule has 0 saturated heterocycles. The lowest BCUT2D eigenvalue weighted by atomic mass is 9.95. The maximum atomic E-state index is 10.5. The fourth-order valence-electron chi connectivity index (χ4n) is 1.41. The molecule has 0 spiro atoms. The Hall–Kier alpha value is -0.150. The molecule has 5 heteroatoms. The molecule has 1 aliphatic carbocycles. The number of hydrogen-bond donors (Lipinski definition) is 2. The highest BCUT2D eigenvalue weighted by molar-refractivity contribution is 6.30. The summed E-state index contributed by atoms with van der Waals surface area (Å²) in [7, 11) is 0. The number of hydrogen-bond acceptors (Lipinski definition) is 1. The van der Waals surface area contributed by atoms with Gasteiger partial charge >= 0.3 is 6.03 Å². The standard InChI is InChI=1S/C7H12Cl2N2O/c8-5-2-1-4(3-6(5)9)11-7(10)12/h4-6H,1-3H2,(H3,10,11,12). The van der Waals surface area contributed by atoms with Crippen LogP contribution in [0.4, 0.5) is 4.79 Å². The molecule has 0 aliphatic heterocycles. The van der Waals surface area contributed by atoms with Gasteiger partial charge in [-0.1, -0.05) is 0 Å². The minimum absolute atomic E-state index is 0.0255. The molecule has 70 valence electrons. The number of nitrogens with one attached hydrogen (secondary N) is 1. The molecule has 0 radical (unpaired) electrons. The third-order valence-corrected chi connectivity index (χ3v) is 3.17. The number of carbonyl (C=O) groups is 1. The maximum Gasteiger partial charge on any atom is 0.312 e. The smallest absolute Gasteiger partial charge is 0.312 e.